The molecule has 0 aliphatic carbocycles. The predicted molar refractivity (Wildman–Crippen MR) is 128 cm³/mol. The molecule has 0 atom stereocenters. The number of aromatic nitrogens is 4. The number of anilines is 1. The van der Waals surface area contributed by atoms with Crippen LogP contribution in [0.1, 0.15) is 18.2 Å². The van der Waals surface area contributed by atoms with Gasteiger partial charge in [0.1, 0.15) is 23.7 Å². The second kappa shape index (κ2) is 9.59. The lowest BCUT2D eigenvalue weighted by Crippen LogP contribution is -2.52. The van der Waals surface area contributed by atoms with Crippen LogP contribution in [0.2, 0.25) is 0 Å². The summed E-state index contributed by atoms with van der Waals surface area (Å²) in [7, 11) is 0. The third-order valence-corrected chi connectivity index (χ3v) is 6.78. The van der Waals surface area contributed by atoms with Crippen LogP contribution in [0.3, 0.4) is 0 Å². The fraction of sp³-hybridized carbons (Fsp3) is 0.292. The molecule has 35 heavy (non-hydrogen) atoms. The molecule has 0 N–H and O–H groups in total. The van der Waals surface area contributed by atoms with Crippen LogP contribution in [-0.2, 0) is 11.3 Å². The summed E-state index contributed by atoms with van der Waals surface area (Å²) in [5.41, 5.74) is 0.594. The van der Waals surface area contributed by atoms with Crippen molar-refractivity contribution in [1.29, 1.82) is 0 Å². The molecular formula is C24H23F2N5O3S. The number of halogens is 2. The van der Waals surface area contributed by atoms with E-state index in [1.807, 2.05) is 13.8 Å². The van der Waals surface area contributed by atoms with Crippen molar-refractivity contribution >= 4 is 16.5 Å². The summed E-state index contributed by atoms with van der Waals surface area (Å²) < 4.78 is 41.8. The first-order chi connectivity index (χ1) is 16.9. The minimum Gasteiger partial charge on any atom is -0.445 e. The lowest BCUT2D eigenvalue weighted by Gasteiger charge is -2.38. The number of ether oxygens (including phenoxy) is 2. The first-order valence-corrected chi connectivity index (χ1v) is 11.9. The molecule has 4 aromatic rings. The molecule has 5 rings (SSSR count). The van der Waals surface area contributed by atoms with E-state index in [0.29, 0.717) is 23.1 Å². The van der Waals surface area contributed by atoms with Crippen molar-refractivity contribution in [3.63, 3.8) is 0 Å². The predicted octanol–water partition coefficient (Wildman–Crippen LogP) is 4.14. The van der Waals surface area contributed by atoms with Crippen molar-refractivity contribution in [1.82, 2.24) is 19.3 Å². The zero-order valence-electron chi connectivity index (χ0n) is 19.1. The number of hydrogen-bond donors (Lipinski definition) is 0. The van der Waals surface area contributed by atoms with Crippen molar-refractivity contribution in [2.24, 2.45) is 0 Å². The van der Waals surface area contributed by atoms with Crippen LogP contribution in [0.15, 0.2) is 53.6 Å². The maximum atomic E-state index is 14.0. The van der Waals surface area contributed by atoms with Gasteiger partial charge in [0.05, 0.1) is 24.0 Å². The Morgan fingerprint density at radius 2 is 1.83 bits per heavy atom. The number of rotatable bonds is 8. The molecule has 11 heteroatoms. The van der Waals surface area contributed by atoms with E-state index in [1.54, 1.807) is 24.3 Å². The first-order valence-electron chi connectivity index (χ1n) is 11.1. The quantitative estimate of drug-likeness (QED) is 0.363. The zero-order chi connectivity index (χ0) is 24.5. The lowest BCUT2D eigenvalue weighted by molar-refractivity contribution is 0.0430. The highest BCUT2D eigenvalue weighted by atomic mass is 32.1. The SMILES string of the molecule is CCOC1CN(c2nc(C)c(Oc3ccc(-n4ncn(Cc5c(F)cccc5F)c4=O)cc3)s2)C1. The highest BCUT2D eigenvalue weighted by molar-refractivity contribution is 7.17. The minimum absolute atomic E-state index is 0.191. The molecule has 1 fully saturated rings. The average molecular weight is 500 g/mol. The van der Waals surface area contributed by atoms with Gasteiger partial charge in [0.25, 0.3) is 0 Å². The highest BCUT2D eigenvalue weighted by Crippen LogP contribution is 2.37. The van der Waals surface area contributed by atoms with Crippen molar-refractivity contribution in [3.05, 3.63) is 82.2 Å². The standard InChI is InChI=1S/C24H23F2N5O3S/c1-3-33-18-11-29(12-18)23-28-15(2)22(35-23)34-17-9-7-16(8-10-17)31-24(32)30(14-27-31)13-19-20(25)5-4-6-21(19)26/h4-10,14,18H,3,11-13H2,1-2H3. The molecule has 0 unspecified atom stereocenters. The average Bonchev–Trinajstić information content (AvgIpc) is 3.35. The van der Waals surface area contributed by atoms with Crippen LogP contribution < -0.4 is 15.3 Å². The van der Waals surface area contributed by atoms with Gasteiger partial charge in [0.15, 0.2) is 5.13 Å². The molecule has 0 radical (unpaired) electrons. The Kier molecular flexibility index (Phi) is 6.35. The van der Waals surface area contributed by atoms with Gasteiger partial charge in [-0.2, -0.15) is 9.78 Å². The van der Waals surface area contributed by atoms with E-state index in [4.69, 9.17) is 9.47 Å². The van der Waals surface area contributed by atoms with Crippen LogP contribution in [0, 0.1) is 18.6 Å². The van der Waals surface area contributed by atoms with Crippen LogP contribution in [0.5, 0.6) is 10.8 Å². The van der Waals surface area contributed by atoms with Gasteiger partial charge in [-0.1, -0.05) is 17.4 Å². The Bertz CT molecular complexity index is 1370. The van der Waals surface area contributed by atoms with Gasteiger partial charge < -0.3 is 14.4 Å². The number of thiazole rings is 1. The minimum atomic E-state index is -0.712. The first kappa shape index (κ1) is 23.2. The van der Waals surface area contributed by atoms with E-state index < -0.39 is 17.3 Å². The second-order valence-electron chi connectivity index (χ2n) is 8.10. The fourth-order valence-electron chi connectivity index (χ4n) is 3.77. The monoisotopic (exact) mass is 499 g/mol. The van der Waals surface area contributed by atoms with Gasteiger partial charge in [-0.05, 0) is 50.2 Å². The Hall–Kier alpha value is -3.57. The summed E-state index contributed by atoms with van der Waals surface area (Å²) >= 11 is 1.47. The summed E-state index contributed by atoms with van der Waals surface area (Å²) in [5.74, 6) is -0.837. The molecule has 1 aliphatic heterocycles. The molecule has 0 saturated carbocycles. The maximum Gasteiger partial charge on any atom is 0.350 e. The molecule has 8 nitrogen and oxygen atoms in total. The third kappa shape index (κ3) is 4.69. The number of aryl methyl sites for hydroxylation is 1. The van der Waals surface area contributed by atoms with Gasteiger partial charge in [-0.25, -0.2) is 18.6 Å². The van der Waals surface area contributed by atoms with E-state index >= 15 is 0 Å². The van der Waals surface area contributed by atoms with Crippen LogP contribution in [0.25, 0.3) is 5.69 Å². The molecule has 2 aromatic carbocycles. The Labute approximate surface area is 204 Å². The van der Waals surface area contributed by atoms with Gasteiger partial charge in [0.2, 0.25) is 5.06 Å². The van der Waals surface area contributed by atoms with Crippen LogP contribution in [-0.4, -0.2) is 45.1 Å². The van der Waals surface area contributed by atoms with E-state index in [-0.39, 0.29) is 18.2 Å². The van der Waals surface area contributed by atoms with E-state index in [2.05, 4.69) is 15.0 Å². The van der Waals surface area contributed by atoms with Gasteiger partial charge in [-0.15, -0.1) is 0 Å². The fourth-order valence-corrected chi connectivity index (χ4v) is 4.73. The molecule has 1 saturated heterocycles. The molecule has 0 spiro atoms. The number of benzene rings is 2. The molecule has 2 aromatic heterocycles. The Morgan fingerprint density at radius 1 is 1.11 bits per heavy atom. The lowest BCUT2D eigenvalue weighted by atomic mass is 10.2. The molecule has 182 valence electrons. The normalized spacial score (nSPS) is 13.8. The largest absolute Gasteiger partial charge is 0.445 e. The Balaban J connectivity index is 1.28. The van der Waals surface area contributed by atoms with Crippen molar-refractivity contribution < 1.29 is 18.3 Å². The summed E-state index contributed by atoms with van der Waals surface area (Å²) in [4.78, 5) is 19.5. The van der Waals surface area contributed by atoms with Gasteiger partial charge in [0, 0.05) is 25.3 Å². The molecule has 0 bridgehead atoms. The summed E-state index contributed by atoms with van der Waals surface area (Å²) in [6.45, 7) is 5.97. The van der Waals surface area contributed by atoms with Gasteiger partial charge in [-0.3, -0.25) is 4.57 Å². The van der Waals surface area contributed by atoms with Crippen molar-refractivity contribution in [2.75, 3.05) is 24.6 Å². The highest BCUT2D eigenvalue weighted by Gasteiger charge is 2.30. The molecule has 1 aliphatic rings. The second-order valence-corrected chi connectivity index (χ2v) is 9.04. The number of hydrogen-bond acceptors (Lipinski definition) is 7. The number of nitrogens with zero attached hydrogens (tertiary/aromatic N) is 5. The maximum absolute atomic E-state index is 14.0. The van der Waals surface area contributed by atoms with E-state index in [1.165, 1.54) is 23.7 Å². The van der Waals surface area contributed by atoms with Crippen LogP contribution >= 0.6 is 11.3 Å². The van der Waals surface area contributed by atoms with Crippen molar-refractivity contribution in [3.8, 4) is 16.5 Å². The zero-order valence-corrected chi connectivity index (χ0v) is 20.0. The van der Waals surface area contributed by atoms with Crippen molar-refractivity contribution in [2.45, 2.75) is 26.5 Å². The van der Waals surface area contributed by atoms with E-state index in [9.17, 15) is 13.6 Å². The molecular weight excluding hydrogens is 476 g/mol. The third-order valence-electron chi connectivity index (χ3n) is 5.68. The van der Waals surface area contributed by atoms with E-state index in [0.717, 1.165) is 45.3 Å². The smallest absolute Gasteiger partial charge is 0.350 e. The summed E-state index contributed by atoms with van der Waals surface area (Å²) in [6.07, 6.45) is 1.51. The van der Waals surface area contributed by atoms with Gasteiger partial charge >= 0.3 is 5.69 Å². The van der Waals surface area contributed by atoms with Crippen LogP contribution in [0.4, 0.5) is 13.9 Å². The topological polar surface area (TPSA) is 74.4 Å². The summed E-state index contributed by atoms with van der Waals surface area (Å²) in [5, 5.41) is 5.68. The molecule has 0 amide bonds. The summed E-state index contributed by atoms with van der Waals surface area (Å²) in [6, 6.07) is 10.4. The molecule has 3 heterocycles. The Morgan fingerprint density at radius 3 is 2.51 bits per heavy atom.